The van der Waals surface area contributed by atoms with Gasteiger partial charge < -0.3 is 25.4 Å². The number of aliphatic carboxylic acids is 1. The monoisotopic (exact) mass is 545 g/mol. The summed E-state index contributed by atoms with van der Waals surface area (Å²) < 4.78 is 35.5. The lowest BCUT2D eigenvalue weighted by molar-refractivity contribution is -0.137. The van der Waals surface area contributed by atoms with Crippen molar-refractivity contribution in [2.45, 2.75) is 84.6 Å². The molecule has 0 aliphatic heterocycles. The van der Waals surface area contributed by atoms with E-state index in [9.17, 15) is 19.1 Å². The van der Waals surface area contributed by atoms with E-state index in [0.717, 1.165) is 32.1 Å². The van der Waals surface area contributed by atoms with E-state index in [1.165, 1.54) is 18.2 Å². The Bertz CT molecular complexity index is 1140. The molecule has 1 atom stereocenters. The predicted octanol–water partition coefficient (Wildman–Crippen LogP) is 7.77. The molecule has 2 amide bonds. The number of rotatable bonds is 12. The first-order chi connectivity index (χ1) is 18.6. The third-order valence-electron chi connectivity index (χ3n) is 7.10. The number of nitrogens with zero attached hydrogens (tertiary/aromatic N) is 1. The number of amides is 2. The van der Waals surface area contributed by atoms with E-state index in [-0.39, 0.29) is 29.6 Å². The number of ether oxygens (including phenoxy) is 1. The van der Waals surface area contributed by atoms with E-state index in [0.29, 0.717) is 36.7 Å². The Morgan fingerprint density at radius 3 is 2.31 bits per heavy atom. The number of hydrogen-bond donors (Lipinski definition) is 3. The quantitative estimate of drug-likeness (QED) is 0.253. The van der Waals surface area contributed by atoms with Crippen LogP contribution in [0, 0.1) is 17.6 Å². The molecule has 1 unspecified atom stereocenters. The molecule has 1 fully saturated rings. The second-order valence-corrected chi connectivity index (χ2v) is 10.6. The van der Waals surface area contributed by atoms with Crippen LogP contribution >= 0.6 is 0 Å². The van der Waals surface area contributed by atoms with Gasteiger partial charge in [-0.2, -0.15) is 0 Å². The van der Waals surface area contributed by atoms with Gasteiger partial charge in [0.15, 0.2) is 0 Å². The summed E-state index contributed by atoms with van der Waals surface area (Å²) in [4.78, 5) is 26.7. The molecule has 1 aliphatic carbocycles. The molecule has 2 aromatic rings. The van der Waals surface area contributed by atoms with Crippen molar-refractivity contribution in [1.82, 2.24) is 0 Å². The van der Waals surface area contributed by atoms with Crippen LogP contribution in [-0.4, -0.2) is 36.3 Å². The minimum Gasteiger partial charge on any atom is -0.494 e. The highest BCUT2D eigenvalue weighted by atomic mass is 19.1. The van der Waals surface area contributed by atoms with Gasteiger partial charge in [0.2, 0.25) is 0 Å². The maximum absolute atomic E-state index is 15.6. The number of anilines is 3. The highest BCUT2D eigenvalue weighted by Crippen LogP contribution is 2.38. The van der Waals surface area contributed by atoms with Gasteiger partial charge in [0.05, 0.1) is 30.1 Å². The summed E-state index contributed by atoms with van der Waals surface area (Å²) in [5.74, 6) is -2.08. The molecule has 0 radical (unpaired) electrons. The molecule has 9 heteroatoms. The van der Waals surface area contributed by atoms with Gasteiger partial charge in [-0.1, -0.05) is 40.0 Å². The first-order valence-corrected chi connectivity index (χ1v) is 13.9. The van der Waals surface area contributed by atoms with E-state index in [1.54, 1.807) is 19.1 Å². The Hall–Kier alpha value is -3.36. The van der Waals surface area contributed by atoms with Crippen LogP contribution in [0.25, 0.3) is 0 Å². The molecule has 7 nitrogen and oxygen atoms in total. The highest BCUT2D eigenvalue weighted by molar-refractivity contribution is 6.02. The lowest BCUT2D eigenvalue weighted by Gasteiger charge is -2.38. The van der Waals surface area contributed by atoms with Gasteiger partial charge in [-0.25, -0.2) is 13.6 Å². The molecular weight excluding hydrogens is 504 g/mol. The molecule has 2 aromatic carbocycles. The number of carbonyl (C=O) groups excluding carboxylic acids is 1. The molecule has 0 bridgehead atoms. The van der Waals surface area contributed by atoms with Crippen LogP contribution in [-0.2, 0) is 4.79 Å². The molecule has 0 saturated heterocycles. The SMILES string of the molecule is CCOc1ccc(NC(=O)Nc2cc(C(CC)CC(=O)O)c(F)cc2N(CC(C)C)C2CCCCC2)c(F)c1. The summed E-state index contributed by atoms with van der Waals surface area (Å²) in [5, 5.41) is 14.7. The first kappa shape index (κ1) is 30.2. The number of carboxylic acid groups (broad SMARTS) is 1. The van der Waals surface area contributed by atoms with Crippen molar-refractivity contribution < 1.29 is 28.2 Å². The molecular formula is C30H41F2N3O4. The van der Waals surface area contributed by atoms with E-state index < -0.39 is 29.6 Å². The summed E-state index contributed by atoms with van der Waals surface area (Å²) in [7, 11) is 0. The topological polar surface area (TPSA) is 90.9 Å². The summed E-state index contributed by atoms with van der Waals surface area (Å²) in [6, 6.07) is 6.66. The normalized spacial score (nSPS) is 14.6. The molecule has 39 heavy (non-hydrogen) atoms. The highest BCUT2D eigenvalue weighted by Gasteiger charge is 2.28. The third kappa shape index (κ3) is 8.31. The van der Waals surface area contributed by atoms with Crippen molar-refractivity contribution in [3.05, 3.63) is 47.5 Å². The van der Waals surface area contributed by atoms with Crippen LogP contribution in [0.3, 0.4) is 0 Å². The van der Waals surface area contributed by atoms with Crippen molar-refractivity contribution in [1.29, 1.82) is 0 Å². The van der Waals surface area contributed by atoms with Crippen molar-refractivity contribution in [2.75, 3.05) is 28.7 Å². The number of benzene rings is 2. The molecule has 0 spiro atoms. The number of urea groups is 1. The number of halogens is 2. The largest absolute Gasteiger partial charge is 0.494 e. The van der Waals surface area contributed by atoms with Crippen LogP contribution in [0.1, 0.15) is 84.1 Å². The van der Waals surface area contributed by atoms with Gasteiger partial charge in [-0.15, -0.1) is 0 Å². The lowest BCUT2D eigenvalue weighted by Crippen LogP contribution is -2.40. The summed E-state index contributed by atoms with van der Waals surface area (Å²) >= 11 is 0. The fraction of sp³-hybridized carbons (Fsp3) is 0.533. The van der Waals surface area contributed by atoms with Crippen LogP contribution < -0.4 is 20.3 Å². The van der Waals surface area contributed by atoms with E-state index in [1.807, 2.05) is 6.92 Å². The van der Waals surface area contributed by atoms with Gasteiger partial charge in [0.25, 0.3) is 0 Å². The fourth-order valence-corrected chi connectivity index (χ4v) is 5.27. The van der Waals surface area contributed by atoms with Crippen molar-refractivity contribution in [2.24, 2.45) is 5.92 Å². The maximum Gasteiger partial charge on any atom is 0.323 e. The zero-order valence-electron chi connectivity index (χ0n) is 23.4. The second kappa shape index (κ2) is 14.1. The van der Waals surface area contributed by atoms with Crippen molar-refractivity contribution in [3.8, 4) is 5.75 Å². The number of carbonyl (C=O) groups is 2. The standard InChI is InChI=1S/C30H41F2N3O4/c1-5-20(14-29(36)37)23-16-27(34-30(38)33-26-13-12-22(39-6-2)15-25(26)32)28(17-24(23)31)35(18-19(3)4)21-10-8-7-9-11-21/h12-13,15-17,19-21H,5-11,14,18H2,1-4H3,(H,36,37)(H2,33,34,38). The number of nitrogens with one attached hydrogen (secondary N) is 2. The number of hydrogen-bond acceptors (Lipinski definition) is 4. The van der Waals surface area contributed by atoms with Gasteiger partial charge in [-0.05, 0) is 67.9 Å². The molecule has 3 rings (SSSR count). The van der Waals surface area contributed by atoms with E-state index >= 15 is 4.39 Å². The summed E-state index contributed by atoms with van der Waals surface area (Å²) in [6.07, 6.45) is 5.45. The molecule has 1 saturated carbocycles. The summed E-state index contributed by atoms with van der Waals surface area (Å²) in [5.41, 5.74) is 1.12. The smallest absolute Gasteiger partial charge is 0.323 e. The van der Waals surface area contributed by atoms with Crippen molar-refractivity contribution in [3.63, 3.8) is 0 Å². The van der Waals surface area contributed by atoms with Gasteiger partial charge >= 0.3 is 12.0 Å². The van der Waals surface area contributed by atoms with Gasteiger partial charge in [0.1, 0.15) is 17.4 Å². The zero-order chi connectivity index (χ0) is 28.5. The lowest BCUT2D eigenvalue weighted by atomic mass is 9.90. The Balaban J connectivity index is 2.00. The predicted molar refractivity (Wildman–Crippen MR) is 151 cm³/mol. The first-order valence-electron chi connectivity index (χ1n) is 13.9. The molecule has 3 N–H and O–H groups in total. The van der Waals surface area contributed by atoms with Crippen LogP contribution in [0.15, 0.2) is 30.3 Å². The minimum atomic E-state index is -1.02. The Kier molecular flexibility index (Phi) is 10.9. The fourth-order valence-electron chi connectivity index (χ4n) is 5.27. The Labute approximate surface area is 229 Å². The van der Waals surface area contributed by atoms with E-state index in [2.05, 4.69) is 29.4 Å². The molecule has 0 aromatic heterocycles. The second-order valence-electron chi connectivity index (χ2n) is 10.6. The molecule has 0 heterocycles. The minimum absolute atomic E-state index is 0.0246. The summed E-state index contributed by atoms with van der Waals surface area (Å²) in [6.45, 7) is 8.84. The Morgan fingerprint density at radius 1 is 1.03 bits per heavy atom. The molecule has 214 valence electrons. The Morgan fingerprint density at radius 2 is 1.72 bits per heavy atom. The third-order valence-corrected chi connectivity index (χ3v) is 7.10. The van der Waals surface area contributed by atoms with Gasteiger partial charge in [-0.3, -0.25) is 4.79 Å². The van der Waals surface area contributed by atoms with Crippen LogP contribution in [0.4, 0.5) is 30.6 Å². The van der Waals surface area contributed by atoms with Crippen LogP contribution in [0.5, 0.6) is 5.75 Å². The van der Waals surface area contributed by atoms with Crippen molar-refractivity contribution >= 4 is 29.1 Å². The molecule has 1 aliphatic rings. The average molecular weight is 546 g/mol. The van der Waals surface area contributed by atoms with Gasteiger partial charge in [0, 0.05) is 18.7 Å². The van der Waals surface area contributed by atoms with E-state index in [4.69, 9.17) is 4.74 Å². The average Bonchev–Trinajstić information content (AvgIpc) is 2.89. The maximum atomic E-state index is 15.6. The number of carboxylic acids is 1. The zero-order valence-corrected chi connectivity index (χ0v) is 23.4. The van der Waals surface area contributed by atoms with Crippen LogP contribution in [0.2, 0.25) is 0 Å².